The minimum atomic E-state index is 0. The molecule has 2 N–H and O–H groups in total. The average Bonchev–Trinajstić information content (AvgIpc) is 2.65. The van der Waals surface area contributed by atoms with E-state index in [9.17, 15) is 0 Å². The van der Waals surface area contributed by atoms with Crippen molar-refractivity contribution in [1.82, 2.24) is 10.6 Å². The van der Waals surface area contributed by atoms with Gasteiger partial charge in [-0.1, -0.05) is 0 Å². The molecule has 1 aromatic rings. The fourth-order valence-electron chi connectivity index (χ4n) is 2.31. The molecule has 0 amide bonds. The van der Waals surface area contributed by atoms with Crippen molar-refractivity contribution >= 4 is 41.7 Å². The van der Waals surface area contributed by atoms with Gasteiger partial charge in [0, 0.05) is 35.5 Å². The van der Waals surface area contributed by atoms with Gasteiger partial charge in [-0.25, -0.2) is 0 Å². The van der Waals surface area contributed by atoms with E-state index < -0.39 is 0 Å². The number of aliphatic imine (C=N–C) groups is 1. The smallest absolute Gasteiger partial charge is 0.191 e. The molecule has 27 heavy (non-hydrogen) atoms. The predicted molar refractivity (Wildman–Crippen MR) is 127 cm³/mol. The molecule has 0 spiro atoms. The number of methoxy groups -OCH3 is 3. The SMILES string of the molecule is CCNC(=NCC(C)(C)SC)NCCc1c(OC)cc(OC)cc1OC.I. The molecule has 0 aliphatic rings. The number of rotatable bonds is 10. The lowest BCUT2D eigenvalue weighted by atomic mass is 10.1. The Morgan fingerprint density at radius 1 is 1.07 bits per heavy atom. The summed E-state index contributed by atoms with van der Waals surface area (Å²) >= 11 is 1.81. The van der Waals surface area contributed by atoms with E-state index in [2.05, 4.69) is 37.7 Å². The van der Waals surface area contributed by atoms with Gasteiger partial charge in [0.15, 0.2) is 5.96 Å². The first-order valence-electron chi connectivity index (χ1n) is 8.77. The van der Waals surface area contributed by atoms with Crippen LogP contribution in [-0.4, -0.2) is 57.9 Å². The summed E-state index contributed by atoms with van der Waals surface area (Å²) in [6.07, 6.45) is 2.85. The van der Waals surface area contributed by atoms with Gasteiger partial charge in [-0.05, 0) is 33.4 Å². The van der Waals surface area contributed by atoms with Gasteiger partial charge in [-0.2, -0.15) is 11.8 Å². The summed E-state index contributed by atoms with van der Waals surface area (Å²) in [5, 5.41) is 6.67. The van der Waals surface area contributed by atoms with Crippen LogP contribution in [0.25, 0.3) is 0 Å². The summed E-state index contributed by atoms with van der Waals surface area (Å²) in [5.41, 5.74) is 1.00. The molecule has 6 nitrogen and oxygen atoms in total. The van der Waals surface area contributed by atoms with Crippen LogP contribution in [0.5, 0.6) is 17.2 Å². The zero-order chi connectivity index (χ0) is 19.6. The van der Waals surface area contributed by atoms with E-state index in [4.69, 9.17) is 19.2 Å². The molecule has 0 aliphatic carbocycles. The molecule has 0 saturated carbocycles. The summed E-state index contributed by atoms with van der Waals surface area (Å²) in [6, 6.07) is 3.75. The summed E-state index contributed by atoms with van der Waals surface area (Å²) < 4.78 is 16.4. The standard InChI is InChI=1S/C19H33N3O3S.HI/c1-8-20-18(22-13-19(2,3)26-7)21-10-9-15-16(24-5)11-14(23-4)12-17(15)25-6;/h11-12H,8-10,13H2,1-7H3,(H2,20,21,22);1H. The molecule has 0 fully saturated rings. The van der Waals surface area contributed by atoms with E-state index in [1.54, 1.807) is 21.3 Å². The molecular formula is C19H34IN3O3S. The molecule has 0 unspecified atom stereocenters. The number of thioether (sulfide) groups is 1. The van der Waals surface area contributed by atoms with E-state index in [1.165, 1.54) is 0 Å². The maximum Gasteiger partial charge on any atom is 0.191 e. The molecular weight excluding hydrogens is 477 g/mol. The lowest BCUT2D eigenvalue weighted by Crippen LogP contribution is -2.39. The summed E-state index contributed by atoms with van der Waals surface area (Å²) in [7, 11) is 4.94. The van der Waals surface area contributed by atoms with Gasteiger partial charge in [0.2, 0.25) is 0 Å². The Morgan fingerprint density at radius 2 is 1.67 bits per heavy atom. The molecule has 8 heteroatoms. The van der Waals surface area contributed by atoms with E-state index >= 15 is 0 Å². The molecule has 1 rings (SSSR count). The number of nitrogens with one attached hydrogen (secondary N) is 2. The predicted octanol–water partition coefficient (Wildman–Crippen LogP) is 3.57. The lowest BCUT2D eigenvalue weighted by Gasteiger charge is -2.20. The molecule has 0 bridgehead atoms. The highest BCUT2D eigenvalue weighted by Crippen LogP contribution is 2.34. The number of guanidine groups is 1. The van der Waals surface area contributed by atoms with Crippen LogP contribution in [-0.2, 0) is 6.42 Å². The normalized spacial score (nSPS) is 11.4. The minimum absolute atomic E-state index is 0. The van der Waals surface area contributed by atoms with E-state index in [0.29, 0.717) is 12.3 Å². The van der Waals surface area contributed by atoms with E-state index in [0.717, 1.165) is 42.5 Å². The van der Waals surface area contributed by atoms with E-state index in [1.807, 2.05) is 23.9 Å². The largest absolute Gasteiger partial charge is 0.496 e. The first kappa shape index (κ1) is 26.0. The number of nitrogens with zero attached hydrogens (tertiary/aromatic N) is 1. The van der Waals surface area contributed by atoms with Crippen LogP contribution in [0.2, 0.25) is 0 Å². The fourth-order valence-corrected chi connectivity index (χ4v) is 2.50. The molecule has 156 valence electrons. The third-order valence-corrected chi connectivity index (χ3v) is 5.23. The molecule has 1 aromatic carbocycles. The maximum absolute atomic E-state index is 5.51. The highest BCUT2D eigenvalue weighted by Gasteiger charge is 2.16. The second-order valence-corrected chi connectivity index (χ2v) is 7.86. The number of halogens is 1. The van der Waals surface area contributed by atoms with Gasteiger partial charge in [0.05, 0.1) is 27.9 Å². The monoisotopic (exact) mass is 511 g/mol. The van der Waals surface area contributed by atoms with Crippen molar-refractivity contribution in [3.63, 3.8) is 0 Å². The van der Waals surface area contributed by atoms with Gasteiger partial charge in [0.1, 0.15) is 17.2 Å². The van der Waals surface area contributed by atoms with Crippen molar-refractivity contribution in [2.45, 2.75) is 31.9 Å². The van der Waals surface area contributed by atoms with Crippen LogP contribution in [0.1, 0.15) is 26.3 Å². The average molecular weight is 511 g/mol. The van der Waals surface area contributed by atoms with Gasteiger partial charge in [0.25, 0.3) is 0 Å². The maximum atomic E-state index is 5.51. The molecule has 0 heterocycles. The van der Waals surface area contributed by atoms with Crippen molar-refractivity contribution < 1.29 is 14.2 Å². The van der Waals surface area contributed by atoms with Crippen LogP contribution in [0, 0.1) is 0 Å². The molecule has 0 radical (unpaired) electrons. The third kappa shape index (κ3) is 8.68. The van der Waals surface area contributed by atoms with Gasteiger partial charge in [-0.3, -0.25) is 4.99 Å². The van der Waals surface area contributed by atoms with Gasteiger partial charge < -0.3 is 24.8 Å². The van der Waals surface area contributed by atoms with Crippen molar-refractivity contribution in [3.8, 4) is 17.2 Å². The van der Waals surface area contributed by atoms with Crippen molar-refractivity contribution in [1.29, 1.82) is 0 Å². The van der Waals surface area contributed by atoms with Crippen LogP contribution in [0.4, 0.5) is 0 Å². The second kappa shape index (κ2) is 13.2. The zero-order valence-electron chi connectivity index (χ0n) is 17.5. The summed E-state index contributed by atoms with van der Waals surface area (Å²) in [4.78, 5) is 4.69. The zero-order valence-corrected chi connectivity index (χ0v) is 20.6. The van der Waals surface area contributed by atoms with Crippen molar-refractivity contribution in [2.24, 2.45) is 4.99 Å². The third-order valence-electron chi connectivity index (χ3n) is 4.00. The lowest BCUT2D eigenvalue weighted by molar-refractivity contribution is 0.368. The van der Waals surface area contributed by atoms with Crippen LogP contribution in [0.3, 0.4) is 0 Å². The Morgan fingerprint density at radius 3 is 2.11 bits per heavy atom. The molecule has 0 atom stereocenters. The van der Waals surface area contributed by atoms with Gasteiger partial charge in [-0.15, -0.1) is 24.0 Å². The van der Waals surface area contributed by atoms with Crippen molar-refractivity contribution in [3.05, 3.63) is 17.7 Å². The highest BCUT2D eigenvalue weighted by atomic mass is 127. The Kier molecular flexibility index (Phi) is 12.7. The van der Waals surface area contributed by atoms with Gasteiger partial charge >= 0.3 is 0 Å². The Labute approximate surface area is 185 Å². The molecule has 0 aliphatic heterocycles. The molecule has 0 aromatic heterocycles. The highest BCUT2D eigenvalue weighted by molar-refractivity contribution is 14.0. The van der Waals surface area contributed by atoms with Crippen molar-refractivity contribution in [2.75, 3.05) is 47.2 Å². The Hall–Kier alpha value is -1.03. The second-order valence-electron chi connectivity index (χ2n) is 6.35. The number of hydrogen-bond acceptors (Lipinski definition) is 5. The first-order valence-corrected chi connectivity index (χ1v) is 9.99. The minimum Gasteiger partial charge on any atom is -0.496 e. The Balaban J connectivity index is 0.00000676. The number of benzene rings is 1. The first-order chi connectivity index (χ1) is 12.4. The number of hydrogen-bond donors (Lipinski definition) is 2. The fraction of sp³-hybridized carbons (Fsp3) is 0.632. The topological polar surface area (TPSA) is 64.1 Å². The number of ether oxygens (including phenoxy) is 3. The summed E-state index contributed by atoms with van der Waals surface area (Å²) in [5.74, 6) is 3.05. The molecule has 0 saturated heterocycles. The van der Waals surface area contributed by atoms with Crippen LogP contribution in [0.15, 0.2) is 17.1 Å². The van der Waals surface area contributed by atoms with Crippen LogP contribution >= 0.6 is 35.7 Å². The summed E-state index contributed by atoms with van der Waals surface area (Å²) in [6.45, 7) is 8.73. The van der Waals surface area contributed by atoms with E-state index in [-0.39, 0.29) is 28.7 Å². The van der Waals surface area contributed by atoms with Crippen LogP contribution < -0.4 is 24.8 Å². The Bertz CT molecular complexity index is 573. The quantitative estimate of drug-likeness (QED) is 0.285.